The summed E-state index contributed by atoms with van der Waals surface area (Å²) in [4.78, 5) is 22.8. The SMILES string of the molecule is COC(=O)C(C)(C)COc1c(N)cccc1C(N)=O. The van der Waals surface area contributed by atoms with E-state index in [1.165, 1.54) is 13.2 Å². The molecule has 0 spiro atoms. The van der Waals surface area contributed by atoms with E-state index in [0.29, 0.717) is 0 Å². The highest BCUT2D eigenvalue weighted by atomic mass is 16.5. The normalized spacial score (nSPS) is 10.9. The molecule has 1 aromatic rings. The number of hydrogen-bond donors (Lipinski definition) is 2. The van der Waals surface area contributed by atoms with Gasteiger partial charge in [-0.1, -0.05) is 6.07 Å². The van der Waals surface area contributed by atoms with E-state index in [9.17, 15) is 9.59 Å². The molecular weight excluding hydrogens is 248 g/mol. The Labute approximate surface area is 111 Å². The largest absolute Gasteiger partial charge is 0.489 e. The molecule has 0 saturated carbocycles. The molecule has 0 bridgehead atoms. The summed E-state index contributed by atoms with van der Waals surface area (Å²) in [5, 5.41) is 0. The number of benzene rings is 1. The Bertz CT molecular complexity index is 497. The molecule has 0 aromatic heterocycles. The summed E-state index contributed by atoms with van der Waals surface area (Å²) >= 11 is 0. The van der Waals surface area contributed by atoms with Gasteiger partial charge in [-0.15, -0.1) is 0 Å². The second-order valence-electron chi connectivity index (χ2n) is 4.75. The predicted molar refractivity (Wildman–Crippen MR) is 70.7 cm³/mol. The van der Waals surface area contributed by atoms with Crippen LogP contribution in [0.25, 0.3) is 0 Å². The van der Waals surface area contributed by atoms with Gasteiger partial charge < -0.3 is 20.9 Å². The lowest BCUT2D eigenvalue weighted by atomic mass is 9.95. The standard InChI is InChI=1S/C13H18N2O4/c1-13(2,12(17)18-3)7-19-10-8(11(15)16)5-4-6-9(10)14/h4-6H,7,14H2,1-3H3,(H2,15,16). The molecule has 4 N–H and O–H groups in total. The van der Waals surface area contributed by atoms with Gasteiger partial charge in [-0.2, -0.15) is 0 Å². The second kappa shape index (κ2) is 5.60. The molecule has 104 valence electrons. The maximum Gasteiger partial charge on any atom is 0.314 e. The molecule has 0 aliphatic carbocycles. The Morgan fingerprint density at radius 1 is 1.32 bits per heavy atom. The van der Waals surface area contributed by atoms with Gasteiger partial charge in [0.15, 0.2) is 5.75 Å². The smallest absolute Gasteiger partial charge is 0.314 e. The number of carbonyl (C=O) groups excluding carboxylic acids is 2. The number of methoxy groups -OCH3 is 1. The summed E-state index contributed by atoms with van der Waals surface area (Å²) < 4.78 is 10.2. The number of hydrogen-bond acceptors (Lipinski definition) is 5. The molecule has 6 heteroatoms. The highest BCUT2D eigenvalue weighted by Crippen LogP contribution is 2.28. The molecule has 0 atom stereocenters. The zero-order valence-electron chi connectivity index (χ0n) is 11.2. The van der Waals surface area contributed by atoms with Gasteiger partial charge >= 0.3 is 5.97 Å². The minimum absolute atomic E-state index is 0.0220. The van der Waals surface area contributed by atoms with E-state index in [0.717, 1.165) is 0 Å². The van der Waals surface area contributed by atoms with Crippen LogP contribution in [0.2, 0.25) is 0 Å². The van der Waals surface area contributed by atoms with E-state index in [1.54, 1.807) is 26.0 Å². The fraction of sp³-hybridized carbons (Fsp3) is 0.385. The maximum absolute atomic E-state index is 11.5. The first kappa shape index (κ1) is 14.8. The number of carbonyl (C=O) groups is 2. The summed E-state index contributed by atoms with van der Waals surface area (Å²) in [6.45, 7) is 3.36. The zero-order valence-corrected chi connectivity index (χ0v) is 11.2. The Morgan fingerprint density at radius 3 is 2.47 bits per heavy atom. The van der Waals surface area contributed by atoms with Crippen molar-refractivity contribution in [2.45, 2.75) is 13.8 Å². The van der Waals surface area contributed by atoms with E-state index in [2.05, 4.69) is 4.74 Å². The second-order valence-corrected chi connectivity index (χ2v) is 4.75. The quantitative estimate of drug-likeness (QED) is 0.609. The van der Waals surface area contributed by atoms with Crippen molar-refractivity contribution in [1.29, 1.82) is 0 Å². The van der Waals surface area contributed by atoms with Crippen LogP contribution < -0.4 is 16.2 Å². The number of esters is 1. The van der Waals surface area contributed by atoms with Crippen molar-refractivity contribution < 1.29 is 19.1 Å². The van der Waals surface area contributed by atoms with Crippen molar-refractivity contribution >= 4 is 17.6 Å². The van der Waals surface area contributed by atoms with Crippen molar-refractivity contribution in [3.05, 3.63) is 23.8 Å². The van der Waals surface area contributed by atoms with Gasteiger partial charge in [0.05, 0.1) is 23.8 Å². The zero-order chi connectivity index (χ0) is 14.6. The summed E-state index contributed by atoms with van der Waals surface area (Å²) in [6, 6.07) is 4.71. The number of para-hydroxylation sites is 1. The third-order valence-electron chi connectivity index (χ3n) is 2.63. The molecule has 1 amide bonds. The van der Waals surface area contributed by atoms with Crippen molar-refractivity contribution in [2.24, 2.45) is 11.1 Å². The van der Waals surface area contributed by atoms with Gasteiger partial charge in [-0.05, 0) is 26.0 Å². The van der Waals surface area contributed by atoms with Crippen LogP contribution in [-0.2, 0) is 9.53 Å². The molecule has 0 fully saturated rings. The van der Waals surface area contributed by atoms with Crippen molar-refractivity contribution in [2.75, 3.05) is 19.5 Å². The fourth-order valence-electron chi connectivity index (χ4n) is 1.50. The lowest BCUT2D eigenvalue weighted by molar-refractivity contribution is -0.152. The van der Waals surface area contributed by atoms with Crippen molar-refractivity contribution in [1.82, 2.24) is 0 Å². The Hall–Kier alpha value is -2.24. The van der Waals surface area contributed by atoms with Gasteiger partial charge in [0, 0.05) is 0 Å². The highest BCUT2D eigenvalue weighted by molar-refractivity contribution is 5.97. The first-order chi connectivity index (χ1) is 8.79. The first-order valence-corrected chi connectivity index (χ1v) is 5.69. The van der Waals surface area contributed by atoms with E-state index >= 15 is 0 Å². The van der Waals surface area contributed by atoms with Crippen LogP contribution in [0.4, 0.5) is 5.69 Å². The van der Waals surface area contributed by atoms with Gasteiger partial charge in [-0.25, -0.2) is 0 Å². The summed E-state index contributed by atoms with van der Waals surface area (Å²) in [6.07, 6.45) is 0. The molecule has 0 aliphatic heterocycles. The Balaban J connectivity index is 2.95. The molecule has 0 aliphatic rings. The van der Waals surface area contributed by atoms with Crippen LogP contribution in [0, 0.1) is 5.41 Å². The summed E-state index contributed by atoms with van der Waals surface area (Å²) in [5.41, 5.74) is 10.6. The Morgan fingerprint density at radius 2 is 1.95 bits per heavy atom. The van der Waals surface area contributed by atoms with E-state index < -0.39 is 17.3 Å². The lowest BCUT2D eigenvalue weighted by Gasteiger charge is -2.22. The summed E-state index contributed by atoms with van der Waals surface area (Å²) in [7, 11) is 1.30. The lowest BCUT2D eigenvalue weighted by Crippen LogP contribution is -2.32. The third-order valence-corrected chi connectivity index (χ3v) is 2.63. The third kappa shape index (κ3) is 3.37. The van der Waals surface area contributed by atoms with Crippen LogP contribution in [-0.4, -0.2) is 25.6 Å². The monoisotopic (exact) mass is 266 g/mol. The maximum atomic E-state index is 11.5. The number of ether oxygens (including phenoxy) is 2. The minimum atomic E-state index is -0.855. The van der Waals surface area contributed by atoms with Crippen LogP contribution in [0.3, 0.4) is 0 Å². The number of nitrogens with two attached hydrogens (primary N) is 2. The van der Waals surface area contributed by atoms with Crippen LogP contribution in [0.15, 0.2) is 18.2 Å². The molecule has 0 heterocycles. The number of amides is 1. The fourth-order valence-corrected chi connectivity index (χ4v) is 1.50. The molecule has 0 saturated heterocycles. The minimum Gasteiger partial charge on any atom is -0.489 e. The number of nitrogen functional groups attached to an aromatic ring is 1. The average Bonchev–Trinajstić information content (AvgIpc) is 2.35. The van der Waals surface area contributed by atoms with Crippen molar-refractivity contribution in [3.63, 3.8) is 0 Å². The van der Waals surface area contributed by atoms with Gasteiger partial charge in [-0.3, -0.25) is 9.59 Å². The molecule has 0 radical (unpaired) electrons. The highest BCUT2D eigenvalue weighted by Gasteiger charge is 2.30. The van der Waals surface area contributed by atoms with E-state index in [1.807, 2.05) is 0 Å². The van der Waals surface area contributed by atoms with Gasteiger partial charge in [0.2, 0.25) is 0 Å². The molecule has 19 heavy (non-hydrogen) atoms. The van der Waals surface area contributed by atoms with Gasteiger partial charge in [0.1, 0.15) is 6.61 Å². The predicted octanol–water partition coefficient (Wildman–Crippen LogP) is 0.946. The average molecular weight is 266 g/mol. The molecular formula is C13H18N2O4. The number of rotatable bonds is 5. The van der Waals surface area contributed by atoms with Crippen LogP contribution in [0.1, 0.15) is 24.2 Å². The molecule has 1 aromatic carbocycles. The van der Waals surface area contributed by atoms with Crippen LogP contribution in [0.5, 0.6) is 5.75 Å². The Kier molecular flexibility index (Phi) is 4.37. The van der Waals surface area contributed by atoms with Gasteiger partial charge in [0.25, 0.3) is 5.91 Å². The van der Waals surface area contributed by atoms with E-state index in [4.69, 9.17) is 16.2 Å². The van der Waals surface area contributed by atoms with Crippen molar-refractivity contribution in [3.8, 4) is 5.75 Å². The molecule has 0 unspecified atom stereocenters. The topological polar surface area (TPSA) is 105 Å². The molecule has 6 nitrogen and oxygen atoms in total. The number of anilines is 1. The summed E-state index contributed by atoms with van der Waals surface area (Å²) in [5.74, 6) is -0.868. The number of primary amides is 1. The first-order valence-electron chi connectivity index (χ1n) is 5.69. The molecule has 1 rings (SSSR count). The van der Waals surface area contributed by atoms with E-state index in [-0.39, 0.29) is 23.6 Å². The van der Waals surface area contributed by atoms with Crippen LogP contribution >= 0.6 is 0 Å².